The van der Waals surface area contributed by atoms with Gasteiger partial charge in [0, 0.05) is 29.4 Å². The number of hydrogen-bond donors (Lipinski definition) is 1. The van der Waals surface area contributed by atoms with Crippen molar-refractivity contribution >= 4 is 33.5 Å². The van der Waals surface area contributed by atoms with Gasteiger partial charge in [0.05, 0.1) is 0 Å². The highest BCUT2D eigenvalue weighted by atomic mass is 79.9. The van der Waals surface area contributed by atoms with Gasteiger partial charge >= 0.3 is 0 Å². The molecule has 0 fully saturated rings. The first-order valence-corrected chi connectivity index (χ1v) is 8.42. The first kappa shape index (κ1) is 17.4. The van der Waals surface area contributed by atoms with Crippen LogP contribution < -0.4 is 5.32 Å². The second kappa shape index (κ2) is 8.06. The molecule has 1 aromatic carbocycles. The first-order valence-electron chi connectivity index (χ1n) is 7.63. The molecule has 122 valence electrons. The Hall–Kier alpha value is -1.95. The zero-order valence-electron chi connectivity index (χ0n) is 13.6. The van der Waals surface area contributed by atoms with E-state index in [1.807, 2.05) is 31.2 Å². The second-order valence-corrected chi connectivity index (χ2v) is 6.35. The van der Waals surface area contributed by atoms with Crippen molar-refractivity contribution in [3.8, 4) is 0 Å². The number of hydrogen-bond acceptors (Lipinski definition) is 4. The van der Waals surface area contributed by atoms with Crippen LogP contribution >= 0.6 is 15.9 Å². The van der Waals surface area contributed by atoms with Gasteiger partial charge in [-0.3, -0.25) is 4.79 Å². The quantitative estimate of drug-likeness (QED) is 0.821. The number of anilines is 2. The molecule has 0 aliphatic carbocycles. The van der Waals surface area contributed by atoms with Crippen LogP contribution in [-0.2, 0) is 0 Å². The highest BCUT2D eigenvalue weighted by Crippen LogP contribution is 2.19. The van der Waals surface area contributed by atoms with E-state index in [2.05, 4.69) is 38.1 Å². The molecule has 0 aliphatic rings. The van der Waals surface area contributed by atoms with Crippen LogP contribution in [0, 0.1) is 6.92 Å². The molecule has 0 aliphatic heterocycles. The Labute approximate surface area is 145 Å². The summed E-state index contributed by atoms with van der Waals surface area (Å²) in [7, 11) is 1.80. The van der Waals surface area contributed by atoms with Gasteiger partial charge in [0.1, 0.15) is 5.69 Å². The molecular formula is C17H21BrN4O. The maximum absolute atomic E-state index is 12.5. The minimum Gasteiger partial charge on any atom is -0.340 e. The van der Waals surface area contributed by atoms with Gasteiger partial charge in [0.25, 0.3) is 5.91 Å². The van der Waals surface area contributed by atoms with Crippen molar-refractivity contribution in [3.63, 3.8) is 0 Å². The van der Waals surface area contributed by atoms with Gasteiger partial charge in [0.15, 0.2) is 0 Å². The minimum absolute atomic E-state index is 0.0822. The third-order valence-electron chi connectivity index (χ3n) is 3.35. The normalized spacial score (nSPS) is 10.4. The van der Waals surface area contributed by atoms with Crippen LogP contribution in [0.2, 0.25) is 0 Å². The standard InChI is InChI=1S/C17H21BrN4O/c1-4-5-9-22(3)16(23)15-10-12(2)19-17(21-15)20-14-8-6-7-13(18)11-14/h6-8,10-11H,4-5,9H2,1-3H3,(H,19,20,21). The molecule has 0 radical (unpaired) electrons. The van der Waals surface area contributed by atoms with E-state index in [4.69, 9.17) is 0 Å². The molecule has 1 amide bonds. The number of amides is 1. The van der Waals surface area contributed by atoms with Gasteiger partial charge in [0.2, 0.25) is 5.95 Å². The molecule has 2 rings (SSSR count). The largest absolute Gasteiger partial charge is 0.340 e. The van der Waals surface area contributed by atoms with Crippen molar-refractivity contribution in [2.24, 2.45) is 0 Å². The molecule has 1 aromatic heterocycles. The molecule has 0 atom stereocenters. The predicted octanol–water partition coefficient (Wildman–Crippen LogP) is 4.16. The maximum Gasteiger partial charge on any atom is 0.272 e. The number of benzene rings is 1. The number of carbonyl (C=O) groups excluding carboxylic acids is 1. The summed E-state index contributed by atoms with van der Waals surface area (Å²) in [5, 5.41) is 3.14. The average Bonchev–Trinajstić information content (AvgIpc) is 2.51. The number of aryl methyl sites for hydroxylation is 1. The van der Waals surface area contributed by atoms with E-state index in [1.54, 1.807) is 18.0 Å². The summed E-state index contributed by atoms with van der Waals surface area (Å²) in [5.41, 5.74) is 2.03. The fourth-order valence-electron chi connectivity index (χ4n) is 2.12. The molecule has 0 bridgehead atoms. The smallest absolute Gasteiger partial charge is 0.272 e. The van der Waals surface area contributed by atoms with E-state index in [0.717, 1.165) is 35.2 Å². The maximum atomic E-state index is 12.5. The van der Waals surface area contributed by atoms with Crippen molar-refractivity contribution in [3.05, 3.63) is 46.2 Å². The molecular weight excluding hydrogens is 356 g/mol. The molecule has 0 spiro atoms. The lowest BCUT2D eigenvalue weighted by atomic mass is 10.2. The molecule has 23 heavy (non-hydrogen) atoms. The second-order valence-electron chi connectivity index (χ2n) is 5.43. The van der Waals surface area contributed by atoms with E-state index >= 15 is 0 Å². The number of carbonyl (C=O) groups is 1. The Morgan fingerprint density at radius 1 is 1.30 bits per heavy atom. The van der Waals surface area contributed by atoms with Crippen molar-refractivity contribution < 1.29 is 4.79 Å². The summed E-state index contributed by atoms with van der Waals surface area (Å²) >= 11 is 3.43. The summed E-state index contributed by atoms with van der Waals surface area (Å²) < 4.78 is 0.964. The van der Waals surface area contributed by atoms with Crippen molar-refractivity contribution in [2.45, 2.75) is 26.7 Å². The van der Waals surface area contributed by atoms with Crippen LogP contribution in [0.25, 0.3) is 0 Å². The van der Waals surface area contributed by atoms with Gasteiger partial charge in [-0.25, -0.2) is 9.97 Å². The Morgan fingerprint density at radius 3 is 2.78 bits per heavy atom. The van der Waals surface area contributed by atoms with Crippen molar-refractivity contribution in [1.82, 2.24) is 14.9 Å². The third-order valence-corrected chi connectivity index (χ3v) is 3.84. The van der Waals surface area contributed by atoms with Crippen LogP contribution in [0.1, 0.15) is 35.9 Å². The molecule has 6 heteroatoms. The summed E-state index contributed by atoms with van der Waals surface area (Å²) in [5.74, 6) is 0.344. The van der Waals surface area contributed by atoms with E-state index in [9.17, 15) is 4.79 Å². The first-order chi connectivity index (χ1) is 11.0. The molecule has 0 saturated carbocycles. The van der Waals surface area contributed by atoms with Gasteiger partial charge in [-0.2, -0.15) is 0 Å². The van der Waals surface area contributed by atoms with Crippen LogP contribution in [0.3, 0.4) is 0 Å². The lowest BCUT2D eigenvalue weighted by molar-refractivity contribution is 0.0787. The number of nitrogens with zero attached hydrogens (tertiary/aromatic N) is 3. The van der Waals surface area contributed by atoms with Crippen LogP contribution in [0.4, 0.5) is 11.6 Å². The van der Waals surface area contributed by atoms with Crippen molar-refractivity contribution in [2.75, 3.05) is 18.9 Å². The minimum atomic E-state index is -0.0822. The summed E-state index contributed by atoms with van der Waals surface area (Å²) in [6.07, 6.45) is 2.03. The number of aromatic nitrogens is 2. The zero-order chi connectivity index (χ0) is 16.8. The summed E-state index contributed by atoms with van der Waals surface area (Å²) in [4.78, 5) is 22.9. The Balaban J connectivity index is 2.20. The van der Waals surface area contributed by atoms with Gasteiger partial charge < -0.3 is 10.2 Å². The molecule has 1 heterocycles. The van der Waals surface area contributed by atoms with Crippen LogP contribution in [-0.4, -0.2) is 34.4 Å². The SMILES string of the molecule is CCCCN(C)C(=O)c1cc(C)nc(Nc2cccc(Br)c2)n1. The lowest BCUT2D eigenvalue weighted by Crippen LogP contribution is -2.28. The van der Waals surface area contributed by atoms with Crippen molar-refractivity contribution in [1.29, 1.82) is 0 Å². The average molecular weight is 377 g/mol. The summed E-state index contributed by atoms with van der Waals surface area (Å²) in [6, 6.07) is 9.44. The Bertz CT molecular complexity index is 690. The van der Waals surface area contributed by atoms with Crippen LogP contribution in [0.5, 0.6) is 0 Å². The number of nitrogens with one attached hydrogen (secondary N) is 1. The Morgan fingerprint density at radius 2 is 2.09 bits per heavy atom. The fourth-order valence-corrected chi connectivity index (χ4v) is 2.52. The van der Waals surface area contributed by atoms with Gasteiger partial charge in [-0.15, -0.1) is 0 Å². The van der Waals surface area contributed by atoms with E-state index < -0.39 is 0 Å². The molecule has 5 nitrogen and oxygen atoms in total. The topological polar surface area (TPSA) is 58.1 Å². The van der Waals surface area contributed by atoms with E-state index in [1.165, 1.54) is 0 Å². The van der Waals surface area contributed by atoms with Crippen LogP contribution in [0.15, 0.2) is 34.8 Å². The fraction of sp³-hybridized carbons (Fsp3) is 0.353. The summed E-state index contributed by atoms with van der Waals surface area (Å²) in [6.45, 7) is 4.69. The predicted molar refractivity (Wildman–Crippen MR) is 96.1 cm³/mol. The number of rotatable bonds is 6. The molecule has 1 N–H and O–H groups in total. The van der Waals surface area contributed by atoms with Gasteiger partial charge in [-0.05, 0) is 37.6 Å². The number of halogens is 1. The zero-order valence-corrected chi connectivity index (χ0v) is 15.2. The number of unbranched alkanes of at least 4 members (excludes halogenated alkanes) is 1. The third kappa shape index (κ3) is 5.03. The van der Waals surface area contributed by atoms with E-state index in [0.29, 0.717) is 11.6 Å². The lowest BCUT2D eigenvalue weighted by Gasteiger charge is -2.17. The monoisotopic (exact) mass is 376 g/mol. The van der Waals surface area contributed by atoms with E-state index in [-0.39, 0.29) is 5.91 Å². The molecule has 0 unspecified atom stereocenters. The molecule has 2 aromatic rings. The molecule has 0 saturated heterocycles. The van der Waals surface area contributed by atoms with Gasteiger partial charge in [-0.1, -0.05) is 35.3 Å². The highest BCUT2D eigenvalue weighted by molar-refractivity contribution is 9.10. The highest BCUT2D eigenvalue weighted by Gasteiger charge is 2.15. The Kier molecular flexibility index (Phi) is 6.10.